The number of rotatable bonds is 2. The molecule has 0 amide bonds. The zero-order chi connectivity index (χ0) is 26.2. The summed E-state index contributed by atoms with van der Waals surface area (Å²) < 4.78 is 12.7. The van der Waals surface area contributed by atoms with Gasteiger partial charge in [0, 0.05) is 9.40 Å². The molecule has 0 unspecified atom stereocenters. The highest BCUT2D eigenvalue weighted by atomic mass is 32.1. The normalized spacial score (nSPS) is 12.0. The maximum absolute atomic E-state index is 2.47. The van der Waals surface area contributed by atoms with Gasteiger partial charge in [0.25, 0.3) is 0 Å². The Labute approximate surface area is 245 Å². The Morgan fingerprint density at radius 1 is 0.325 bits per heavy atom. The lowest BCUT2D eigenvalue weighted by Crippen LogP contribution is -2.00. The van der Waals surface area contributed by atoms with Crippen LogP contribution in [0.2, 0.25) is 0 Å². The van der Waals surface area contributed by atoms with Crippen molar-refractivity contribution in [3.63, 3.8) is 0 Å². The third-order valence-corrected chi connectivity index (χ3v) is 11.9. The fourth-order valence-corrected chi connectivity index (χ4v) is 10.0. The monoisotopic (exact) mass is 584 g/mol. The lowest BCUT2D eigenvalue weighted by Gasteiger charge is -2.17. The van der Waals surface area contributed by atoms with Gasteiger partial charge in [0.15, 0.2) is 0 Å². The molecule has 190 valence electrons. The Kier molecular flexibility index (Phi) is 5.01. The van der Waals surface area contributed by atoms with Gasteiger partial charge in [-0.15, -0.1) is 45.3 Å². The van der Waals surface area contributed by atoms with Crippen molar-refractivity contribution >= 4 is 106 Å². The quantitative estimate of drug-likeness (QED) is 0.179. The summed E-state index contributed by atoms with van der Waals surface area (Å²) in [6.07, 6.45) is 0. The Morgan fingerprint density at radius 3 is 1.23 bits per heavy atom. The lowest BCUT2D eigenvalue weighted by atomic mass is 10.2. The molecule has 6 heteroatoms. The number of thiophene rings is 2. The largest absolute Gasteiger partial charge is 0.299 e. The SMILES string of the molecule is c1ccc2sc(-n3c4ccccc4sc4cc5sc6ccccc6n(-c6cc7ccccc7s6)c5cc43)cc2c1. The Bertz CT molecular complexity index is 2220. The molecule has 0 N–H and O–H groups in total. The highest BCUT2D eigenvalue weighted by molar-refractivity contribution is 7.27. The summed E-state index contributed by atoms with van der Waals surface area (Å²) in [4.78, 5) is 0. The first-order valence-corrected chi connectivity index (χ1v) is 16.4. The number of benzene rings is 5. The van der Waals surface area contributed by atoms with Gasteiger partial charge < -0.3 is 0 Å². The van der Waals surface area contributed by atoms with Crippen molar-refractivity contribution in [1.82, 2.24) is 9.13 Å². The Balaban J connectivity index is 1.46. The van der Waals surface area contributed by atoms with E-state index < -0.39 is 0 Å². The molecule has 9 rings (SSSR count). The molecule has 0 aliphatic heterocycles. The van der Waals surface area contributed by atoms with Crippen LogP contribution in [-0.4, -0.2) is 9.13 Å². The first kappa shape index (κ1) is 22.8. The third kappa shape index (κ3) is 3.44. The van der Waals surface area contributed by atoms with E-state index in [2.05, 4.69) is 130 Å². The van der Waals surface area contributed by atoms with Crippen LogP contribution >= 0.6 is 45.3 Å². The maximum Gasteiger partial charge on any atom is 0.101 e. The van der Waals surface area contributed by atoms with Gasteiger partial charge in [-0.3, -0.25) is 9.13 Å². The van der Waals surface area contributed by atoms with E-state index in [4.69, 9.17) is 0 Å². The summed E-state index contributed by atoms with van der Waals surface area (Å²) in [7, 11) is 0. The minimum atomic E-state index is 1.24. The highest BCUT2D eigenvalue weighted by Gasteiger charge is 2.16. The van der Waals surface area contributed by atoms with Crippen molar-refractivity contribution in [3.05, 3.63) is 121 Å². The van der Waals surface area contributed by atoms with Crippen molar-refractivity contribution in [2.45, 2.75) is 0 Å². The second kappa shape index (κ2) is 8.78. The van der Waals surface area contributed by atoms with E-state index in [1.807, 2.05) is 45.3 Å². The van der Waals surface area contributed by atoms with Crippen molar-refractivity contribution in [2.24, 2.45) is 0 Å². The number of hydrogen-bond acceptors (Lipinski definition) is 4. The van der Waals surface area contributed by atoms with Crippen LogP contribution in [0.1, 0.15) is 0 Å². The molecule has 0 aliphatic carbocycles. The van der Waals surface area contributed by atoms with Gasteiger partial charge in [0.2, 0.25) is 0 Å². The van der Waals surface area contributed by atoms with E-state index in [1.54, 1.807) is 0 Å². The Morgan fingerprint density at radius 2 is 0.750 bits per heavy atom. The molecular formula is C34H20N2S4. The zero-order valence-electron chi connectivity index (χ0n) is 21.1. The second-order valence-corrected chi connectivity index (χ2v) is 14.1. The molecule has 0 saturated carbocycles. The van der Waals surface area contributed by atoms with E-state index in [0.29, 0.717) is 0 Å². The van der Waals surface area contributed by atoms with Gasteiger partial charge in [0.1, 0.15) is 10.0 Å². The summed E-state index contributed by atoms with van der Waals surface area (Å²) in [5.74, 6) is 0. The van der Waals surface area contributed by atoms with E-state index >= 15 is 0 Å². The molecule has 5 aromatic carbocycles. The fraction of sp³-hybridized carbons (Fsp3) is 0. The van der Waals surface area contributed by atoms with E-state index in [1.165, 1.54) is 71.0 Å². The van der Waals surface area contributed by atoms with Gasteiger partial charge in [0.05, 0.1) is 40.9 Å². The van der Waals surface area contributed by atoms with Crippen LogP contribution in [0, 0.1) is 0 Å². The van der Waals surface area contributed by atoms with E-state index in [-0.39, 0.29) is 0 Å². The number of fused-ring (bicyclic) bond motifs is 6. The molecule has 0 fully saturated rings. The predicted molar refractivity (Wildman–Crippen MR) is 179 cm³/mol. The minimum absolute atomic E-state index is 1.24. The third-order valence-electron chi connectivity index (χ3n) is 7.44. The average Bonchev–Trinajstić information content (AvgIpc) is 3.62. The van der Waals surface area contributed by atoms with Crippen molar-refractivity contribution < 1.29 is 0 Å². The topological polar surface area (TPSA) is 9.86 Å². The summed E-state index contributed by atoms with van der Waals surface area (Å²) >= 11 is 7.47. The minimum Gasteiger partial charge on any atom is -0.299 e. The molecular weight excluding hydrogens is 565 g/mol. The molecule has 0 atom stereocenters. The summed E-state index contributed by atoms with van der Waals surface area (Å²) in [6, 6.07) is 44.5. The van der Waals surface area contributed by atoms with Crippen LogP contribution < -0.4 is 0 Å². The maximum atomic E-state index is 2.47. The lowest BCUT2D eigenvalue weighted by molar-refractivity contribution is 1.19. The first-order chi connectivity index (χ1) is 19.8. The summed E-state index contributed by atoms with van der Waals surface area (Å²) in [5.41, 5.74) is 4.95. The van der Waals surface area contributed by atoms with Gasteiger partial charge in [-0.05, 0) is 71.4 Å². The number of hydrogen-bond donors (Lipinski definition) is 0. The molecule has 0 spiro atoms. The zero-order valence-corrected chi connectivity index (χ0v) is 24.3. The molecule has 0 saturated heterocycles. The molecule has 9 aromatic rings. The average molecular weight is 585 g/mol. The van der Waals surface area contributed by atoms with Gasteiger partial charge >= 0.3 is 0 Å². The van der Waals surface area contributed by atoms with Crippen LogP contribution in [0.25, 0.3) is 71.0 Å². The number of aromatic nitrogens is 2. The molecule has 0 aliphatic rings. The van der Waals surface area contributed by atoms with E-state index in [0.717, 1.165) is 0 Å². The van der Waals surface area contributed by atoms with Crippen LogP contribution in [0.15, 0.2) is 121 Å². The standard InChI is InChI=1S/C34H20N2S4/c1-5-13-27-21(9-1)17-33(39-27)35-23-11-3-7-15-29(23)37-31-20-32-26(19-25(31)35)36(24-12-4-8-16-30(24)38-32)34-18-22-10-2-6-14-28(22)40-34/h1-20H. The van der Waals surface area contributed by atoms with Crippen LogP contribution in [0.5, 0.6) is 0 Å². The molecule has 2 nitrogen and oxygen atoms in total. The fourth-order valence-electron chi connectivity index (χ4n) is 5.64. The van der Waals surface area contributed by atoms with Crippen molar-refractivity contribution in [3.8, 4) is 10.0 Å². The van der Waals surface area contributed by atoms with Gasteiger partial charge in [-0.2, -0.15) is 0 Å². The summed E-state index contributed by atoms with van der Waals surface area (Å²) in [6.45, 7) is 0. The number of para-hydroxylation sites is 2. The molecule has 40 heavy (non-hydrogen) atoms. The smallest absolute Gasteiger partial charge is 0.101 e. The van der Waals surface area contributed by atoms with Crippen LogP contribution in [0.3, 0.4) is 0 Å². The second-order valence-electron chi connectivity index (χ2n) is 9.84. The van der Waals surface area contributed by atoms with Crippen LogP contribution in [-0.2, 0) is 0 Å². The van der Waals surface area contributed by atoms with Crippen molar-refractivity contribution in [1.29, 1.82) is 0 Å². The summed E-state index contributed by atoms with van der Waals surface area (Å²) in [5, 5.41) is 5.06. The van der Waals surface area contributed by atoms with Gasteiger partial charge in [-0.1, -0.05) is 60.7 Å². The first-order valence-electron chi connectivity index (χ1n) is 13.1. The molecule has 0 radical (unpaired) electrons. The predicted octanol–water partition coefficient (Wildman–Crippen LogP) is 11.6. The van der Waals surface area contributed by atoms with E-state index in [9.17, 15) is 0 Å². The Hall–Kier alpha value is -3.94. The molecule has 4 aromatic heterocycles. The number of nitrogens with zero attached hydrogens (tertiary/aromatic N) is 2. The van der Waals surface area contributed by atoms with Crippen molar-refractivity contribution in [2.75, 3.05) is 0 Å². The van der Waals surface area contributed by atoms with Crippen LogP contribution in [0.4, 0.5) is 0 Å². The molecule has 4 heterocycles. The highest BCUT2D eigenvalue weighted by Crippen LogP contribution is 2.41. The van der Waals surface area contributed by atoms with Gasteiger partial charge in [-0.25, -0.2) is 0 Å². The molecule has 0 bridgehead atoms.